The number of carbonyl (C=O) groups is 2. The maximum atomic E-state index is 13.7. The summed E-state index contributed by atoms with van der Waals surface area (Å²) in [5, 5.41) is 0. The summed E-state index contributed by atoms with van der Waals surface area (Å²) < 4.78 is 44.7. The van der Waals surface area contributed by atoms with Crippen LogP contribution in [0.5, 0.6) is 11.5 Å². The molecule has 0 bridgehead atoms. The Bertz CT molecular complexity index is 1230. The fourth-order valence-electron chi connectivity index (χ4n) is 4.19. The zero-order valence-electron chi connectivity index (χ0n) is 17.7. The van der Waals surface area contributed by atoms with Crippen molar-refractivity contribution in [1.82, 2.24) is 9.55 Å². The molecule has 0 radical (unpaired) electrons. The van der Waals surface area contributed by atoms with E-state index in [4.69, 9.17) is 14.2 Å². The number of amides is 1. The molecular weight excluding hydrogens is 436 g/mol. The molecule has 1 aromatic heterocycles. The molecule has 0 spiro atoms. The summed E-state index contributed by atoms with van der Waals surface area (Å²) in [5.41, 5.74) is 1.23. The normalized spacial score (nSPS) is 18.7. The SMILES string of the molecule is CC(OC(=O)C1CC(=O)N(c2ccc3c(c2)OCCO3)C1)c1nc2ccccc2n1C(F)F. The summed E-state index contributed by atoms with van der Waals surface area (Å²) in [6.45, 7) is -0.351. The predicted molar refractivity (Wildman–Crippen MR) is 113 cm³/mol. The summed E-state index contributed by atoms with van der Waals surface area (Å²) in [6, 6.07) is 11.6. The Hall–Kier alpha value is -3.69. The van der Waals surface area contributed by atoms with Crippen LogP contribution in [0, 0.1) is 5.92 Å². The molecule has 2 unspecified atom stereocenters. The highest BCUT2D eigenvalue weighted by Crippen LogP contribution is 2.36. The molecule has 3 aromatic rings. The number of hydrogen-bond acceptors (Lipinski definition) is 6. The predicted octanol–water partition coefficient (Wildman–Crippen LogP) is 3.86. The van der Waals surface area contributed by atoms with Gasteiger partial charge in [-0.1, -0.05) is 12.1 Å². The number of carbonyl (C=O) groups excluding carboxylic acids is 2. The number of esters is 1. The zero-order chi connectivity index (χ0) is 23.1. The van der Waals surface area contributed by atoms with Crippen LogP contribution in [0.25, 0.3) is 11.0 Å². The number of nitrogens with zero attached hydrogens (tertiary/aromatic N) is 3. The molecule has 0 N–H and O–H groups in total. The molecule has 0 saturated carbocycles. The Morgan fingerprint density at radius 3 is 2.70 bits per heavy atom. The van der Waals surface area contributed by atoms with Gasteiger partial charge >= 0.3 is 12.5 Å². The van der Waals surface area contributed by atoms with Gasteiger partial charge in [0, 0.05) is 24.7 Å². The first-order chi connectivity index (χ1) is 15.9. The number of anilines is 1. The molecule has 5 rings (SSSR count). The Kier molecular flexibility index (Phi) is 5.35. The van der Waals surface area contributed by atoms with Gasteiger partial charge in [0.25, 0.3) is 0 Å². The lowest BCUT2D eigenvalue weighted by molar-refractivity contribution is -0.154. The van der Waals surface area contributed by atoms with E-state index in [1.165, 1.54) is 17.9 Å². The van der Waals surface area contributed by atoms with Gasteiger partial charge in [-0.15, -0.1) is 0 Å². The Balaban J connectivity index is 1.31. The monoisotopic (exact) mass is 457 g/mol. The van der Waals surface area contributed by atoms with E-state index in [-0.39, 0.29) is 30.2 Å². The van der Waals surface area contributed by atoms with Gasteiger partial charge < -0.3 is 19.1 Å². The minimum absolute atomic E-state index is 0.0364. The first-order valence-corrected chi connectivity index (χ1v) is 10.6. The van der Waals surface area contributed by atoms with Crippen LogP contribution in [-0.2, 0) is 14.3 Å². The minimum atomic E-state index is -2.84. The van der Waals surface area contributed by atoms with Gasteiger partial charge in [0.05, 0.1) is 17.0 Å². The summed E-state index contributed by atoms with van der Waals surface area (Å²) in [7, 11) is 0. The number of benzene rings is 2. The fraction of sp³-hybridized carbons (Fsp3) is 0.348. The Morgan fingerprint density at radius 2 is 1.91 bits per heavy atom. The third-order valence-corrected chi connectivity index (χ3v) is 5.77. The molecule has 1 fully saturated rings. The highest BCUT2D eigenvalue weighted by Gasteiger charge is 2.38. The van der Waals surface area contributed by atoms with E-state index < -0.39 is 24.5 Å². The van der Waals surface area contributed by atoms with Crippen LogP contribution >= 0.6 is 0 Å². The highest BCUT2D eigenvalue weighted by molar-refractivity contribution is 5.99. The molecule has 1 saturated heterocycles. The van der Waals surface area contributed by atoms with Crippen LogP contribution in [0.2, 0.25) is 0 Å². The van der Waals surface area contributed by atoms with Gasteiger partial charge in [-0.05, 0) is 31.2 Å². The number of halogens is 2. The maximum Gasteiger partial charge on any atom is 0.320 e. The van der Waals surface area contributed by atoms with Crippen molar-refractivity contribution in [3.63, 3.8) is 0 Å². The molecule has 10 heteroatoms. The highest BCUT2D eigenvalue weighted by atomic mass is 19.3. The molecule has 172 valence electrons. The number of ether oxygens (including phenoxy) is 3. The molecule has 33 heavy (non-hydrogen) atoms. The zero-order valence-corrected chi connectivity index (χ0v) is 17.7. The minimum Gasteiger partial charge on any atom is -0.486 e. The largest absolute Gasteiger partial charge is 0.486 e. The quantitative estimate of drug-likeness (QED) is 0.541. The van der Waals surface area contributed by atoms with E-state index in [1.54, 1.807) is 36.4 Å². The lowest BCUT2D eigenvalue weighted by atomic mass is 10.1. The molecule has 1 amide bonds. The van der Waals surface area contributed by atoms with Gasteiger partial charge in [-0.25, -0.2) is 4.98 Å². The molecule has 2 aliphatic heterocycles. The van der Waals surface area contributed by atoms with E-state index in [0.29, 0.717) is 35.9 Å². The van der Waals surface area contributed by atoms with E-state index in [9.17, 15) is 18.4 Å². The van der Waals surface area contributed by atoms with Crippen LogP contribution in [0.3, 0.4) is 0 Å². The summed E-state index contributed by atoms with van der Waals surface area (Å²) in [5.74, 6) is -0.504. The second-order valence-corrected chi connectivity index (χ2v) is 7.92. The molecule has 8 nitrogen and oxygen atoms in total. The Labute approximate surface area is 187 Å². The van der Waals surface area contributed by atoms with Crippen molar-refractivity contribution in [2.24, 2.45) is 5.92 Å². The van der Waals surface area contributed by atoms with Crippen LogP contribution in [-0.4, -0.2) is 41.2 Å². The standard InChI is InChI=1S/C23H21F2N3O5/c1-13(21-26-16-4-2-3-5-17(16)28(21)23(24)25)33-22(30)14-10-20(29)27(12-14)15-6-7-18-19(11-15)32-9-8-31-18/h2-7,11,13-14,23H,8-10,12H2,1H3. The van der Waals surface area contributed by atoms with Crippen LogP contribution in [0.15, 0.2) is 42.5 Å². The topological polar surface area (TPSA) is 82.9 Å². The van der Waals surface area contributed by atoms with Crippen LogP contribution in [0.1, 0.15) is 31.8 Å². The van der Waals surface area contributed by atoms with Gasteiger partial charge in [0.2, 0.25) is 5.91 Å². The third kappa shape index (κ3) is 3.85. The van der Waals surface area contributed by atoms with Crippen LogP contribution < -0.4 is 14.4 Å². The molecule has 2 aromatic carbocycles. The first kappa shape index (κ1) is 21.2. The van der Waals surface area contributed by atoms with Crippen molar-refractivity contribution in [3.8, 4) is 11.5 Å². The molecule has 3 heterocycles. The fourth-order valence-corrected chi connectivity index (χ4v) is 4.19. The number of imidazole rings is 1. The second kappa shape index (κ2) is 8.34. The number of fused-ring (bicyclic) bond motifs is 2. The van der Waals surface area contributed by atoms with Crippen LogP contribution in [0.4, 0.5) is 14.5 Å². The number of rotatable bonds is 5. The van der Waals surface area contributed by atoms with E-state index >= 15 is 0 Å². The lowest BCUT2D eigenvalue weighted by Gasteiger charge is -2.22. The second-order valence-electron chi connectivity index (χ2n) is 7.92. The molecular formula is C23H21F2N3O5. The van der Waals surface area contributed by atoms with Crippen molar-refractivity contribution in [3.05, 3.63) is 48.3 Å². The van der Waals surface area contributed by atoms with Crippen molar-refractivity contribution in [2.45, 2.75) is 26.0 Å². The van der Waals surface area contributed by atoms with Gasteiger partial charge in [0.15, 0.2) is 23.4 Å². The third-order valence-electron chi connectivity index (χ3n) is 5.77. The van der Waals surface area contributed by atoms with Gasteiger partial charge in [-0.3, -0.25) is 14.2 Å². The van der Waals surface area contributed by atoms with Crippen molar-refractivity contribution < 1.29 is 32.6 Å². The maximum absolute atomic E-state index is 13.7. The number of alkyl halides is 2. The number of hydrogen-bond donors (Lipinski definition) is 0. The van der Waals surface area contributed by atoms with E-state index in [2.05, 4.69) is 4.98 Å². The number of aromatic nitrogens is 2. The number of para-hydroxylation sites is 2. The summed E-state index contributed by atoms with van der Waals surface area (Å²) in [6.07, 6.45) is -1.05. The smallest absolute Gasteiger partial charge is 0.320 e. The van der Waals surface area contributed by atoms with Gasteiger partial charge in [0.1, 0.15) is 13.2 Å². The van der Waals surface area contributed by atoms with Crippen molar-refractivity contribution in [1.29, 1.82) is 0 Å². The Morgan fingerprint density at radius 1 is 1.15 bits per heavy atom. The first-order valence-electron chi connectivity index (χ1n) is 10.6. The van der Waals surface area contributed by atoms with Gasteiger partial charge in [-0.2, -0.15) is 8.78 Å². The average Bonchev–Trinajstić information content (AvgIpc) is 3.40. The lowest BCUT2D eigenvalue weighted by Crippen LogP contribution is -2.27. The van der Waals surface area contributed by atoms with Crippen molar-refractivity contribution in [2.75, 3.05) is 24.7 Å². The van der Waals surface area contributed by atoms with E-state index in [1.807, 2.05) is 0 Å². The molecule has 2 aliphatic rings. The van der Waals surface area contributed by atoms with E-state index in [0.717, 1.165) is 4.57 Å². The summed E-state index contributed by atoms with van der Waals surface area (Å²) in [4.78, 5) is 31.1. The molecule has 0 aliphatic carbocycles. The average molecular weight is 457 g/mol. The van der Waals surface area contributed by atoms with Crippen molar-refractivity contribution >= 4 is 28.6 Å². The molecule has 2 atom stereocenters. The summed E-state index contributed by atoms with van der Waals surface area (Å²) >= 11 is 0.